The Hall–Kier alpha value is -0.570. The Morgan fingerprint density at radius 1 is 1.33 bits per heavy atom. The average Bonchev–Trinajstić information content (AvgIpc) is 2.47. The Morgan fingerprint density at radius 2 is 2.17 bits per heavy atom. The van der Waals surface area contributed by atoms with Gasteiger partial charge in [0.25, 0.3) is 0 Å². The fourth-order valence-corrected chi connectivity index (χ4v) is 2.70. The molecule has 0 aromatic heterocycles. The first-order valence-corrected chi connectivity index (χ1v) is 4.72. The van der Waals surface area contributed by atoms with Crippen molar-refractivity contribution in [1.82, 2.24) is 5.32 Å². The summed E-state index contributed by atoms with van der Waals surface area (Å²) in [6, 6.07) is 0. The van der Waals surface area contributed by atoms with Crippen LogP contribution in [0.2, 0.25) is 0 Å². The van der Waals surface area contributed by atoms with Crippen molar-refractivity contribution in [2.24, 2.45) is 17.8 Å². The molecule has 1 saturated heterocycles. The summed E-state index contributed by atoms with van der Waals surface area (Å²) in [5.41, 5.74) is 0. The van der Waals surface area contributed by atoms with Gasteiger partial charge in [0.15, 0.2) is 0 Å². The molecular formula is C9H15NO2. The first-order chi connectivity index (χ1) is 5.79. The molecule has 1 aliphatic heterocycles. The van der Waals surface area contributed by atoms with Gasteiger partial charge in [-0.25, -0.2) is 0 Å². The van der Waals surface area contributed by atoms with E-state index in [1.54, 1.807) is 0 Å². The third-order valence-corrected chi connectivity index (χ3v) is 3.35. The van der Waals surface area contributed by atoms with Crippen LogP contribution < -0.4 is 5.32 Å². The molecule has 0 spiro atoms. The lowest BCUT2D eigenvalue weighted by molar-refractivity contribution is -0.143. The summed E-state index contributed by atoms with van der Waals surface area (Å²) in [5, 5.41) is 12.3. The molecule has 0 aromatic carbocycles. The van der Waals surface area contributed by atoms with E-state index >= 15 is 0 Å². The molecule has 0 aromatic rings. The van der Waals surface area contributed by atoms with Gasteiger partial charge in [-0.1, -0.05) is 0 Å². The lowest BCUT2D eigenvalue weighted by atomic mass is 9.84. The summed E-state index contributed by atoms with van der Waals surface area (Å²) >= 11 is 0. The van der Waals surface area contributed by atoms with Crippen molar-refractivity contribution in [3.05, 3.63) is 0 Å². The molecule has 3 unspecified atom stereocenters. The van der Waals surface area contributed by atoms with E-state index in [9.17, 15) is 4.79 Å². The van der Waals surface area contributed by atoms with Gasteiger partial charge in [0.2, 0.25) is 0 Å². The number of rotatable bonds is 1. The minimum Gasteiger partial charge on any atom is -0.481 e. The van der Waals surface area contributed by atoms with Gasteiger partial charge in [0.1, 0.15) is 0 Å². The van der Waals surface area contributed by atoms with Crippen LogP contribution in [-0.4, -0.2) is 24.2 Å². The summed E-state index contributed by atoms with van der Waals surface area (Å²) < 4.78 is 0. The average molecular weight is 169 g/mol. The number of nitrogens with one attached hydrogen (secondary N) is 1. The van der Waals surface area contributed by atoms with Crippen molar-refractivity contribution in [1.29, 1.82) is 0 Å². The second-order valence-electron chi connectivity index (χ2n) is 3.94. The van der Waals surface area contributed by atoms with Crippen LogP contribution in [0.5, 0.6) is 0 Å². The van der Waals surface area contributed by atoms with Crippen molar-refractivity contribution in [2.45, 2.75) is 19.3 Å². The van der Waals surface area contributed by atoms with E-state index in [1.165, 1.54) is 0 Å². The standard InChI is InChI=1S/C9H15NO2/c11-9(12)8-2-1-6-5-10-4-3-7(6)8/h6-8,10H,1-5H2,(H,11,12). The topological polar surface area (TPSA) is 49.3 Å². The van der Waals surface area contributed by atoms with Crippen LogP contribution in [0.15, 0.2) is 0 Å². The molecule has 68 valence electrons. The number of carboxylic acids is 1. The minimum absolute atomic E-state index is 0.0444. The molecule has 12 heavy (non-hydrogen) atoms. The molecule has 0 amide bonds. The number of carbonyl (C=O) groups is 1. The van der Waals surface area contributed by atoms with E-state index in [1.807, 2.05) is 0 Å². The van der Waals surface area contributed by atoms with Crippen LogP contribution in [0, 0.1) is 17.8 Å². The zero-order valence-corrected chi connectivity index (χ0v) is 7.12. The molecular weight excluding hydrogens is 154 g/mol. The first-order valence-electron chi connectivity index (χ1n) is 4.72. The molecule has 3 heteroatoms. The zero-order valence-electron chi connectivity index (χ0n) is 7.12. The number of hydrogen-bond donors (Lipinski definition) is 2. The van der Waals surface area contributed by atoms with Crippen LogP contribution in [0.4, 0.5) is 0 Å². The van der Waals surface area contributed by atoms with Gasteiger partial charge < -0.3 is 10.4 Å². The predicted molar refractivity (Wildman–Crippen MR) is 44.8 cm³/mol. The second kappa shape index (κ2) is 3.05. The quantitative estimate of drug-likeness (QED) is 0.607. The van der Waals surface area contributed by atoms with Crippen molar-refractivity contribution in [3.63, 3.8) is 0 Å². The fourth-order valence-electron chi connectivity index (χ4n) is 2.70. The molecule has 0 radical (unpaired) electrons. The third kappa shape index (κ3) is 1.22. The van der Waals surface area contributed by atoms with E-state index in [0.29, 0.717) is 11.8 Å². The molecule has 2 aliphatic rings. The van der Waals surface area contributed by atoms with Crippen molar-refractivity contribution in [3.8, 4) is 0 Å². The maximum Gasteiger partial charge on any atom is 0.306 e. The minimum atomic E-state index is -0.579. The fraction of sp³-hybridized carbons (Fsp3) is 0.889. The molecule has 1 heterocycles. The molecule has 3 nitrogen and oxygen atoms in total. The van der Waals surface area contributed by atoms with Gasteiger partial charge >= 0.3 is 5.97 Å². The summed E-state index contributed by atoms with van der Waals surface area (Å²) in [5.74, 6) is 0.477. The van der Waals surface area contributed by atoms with Gasteiger partial charge in [-0.2, -0.15) is 0 Å². The Labute approximate surface area is 72.2 Å². The molecule has 1 aliphatic carbocycles. The summed E-state index contributed by atoms with van der Waals surface area (Å²) in [4.78, 5) is 10.8. The highest BCUT2D eigenvalue weighted by atomic mass is 16.4. The molecule has 1 saturated carbocycles. The van der Waals surface area contributed by atoms with Crippen LogP contribution in [0.1, 0.15) is 19.3 Å². The zero-order chi connectivity index (χ0) is 8.55. The van der Waals surface area contributed by atoms with Crippen LogP contribution in [0.3, 0.4) is 0 Å². The lowest BCUT2D eigenvalue weighted by Gasteiger charge is -2.28. The summed E-state index contributed by atoms with van der Waals surface area (Å²) in [6.07, 6.45) is 3.06. The lowest BCUT2D eigenvalue weighted by Crippen LogP contribution is -2.37. The highest BCUT2D eigenvalue weighted by Gasteiger charge is 2.40. The van der Waals surface area contributed by atoms with Crippen molar-refractivity contribution < 1.29 is 9.90 Å². The maximum atomic E-state index is 10.8. The summed E-state index contributed by atoms with van der Waals surface area (Å²) in [7, 11) is 0. The highest BCUT2D eigenvalue weighted by Crippen LogP contribution is 2.40. The van der Waals surface area contributed by atoms with E-state index < -0.39 is 5.97 Å². The maximum absolute atomic E-state index is 10.8. The van der Waals surface area contributed by atoms with Gasteiger partial charge in [-0.3, -0.25) is 4.79 Å². The molecule has 0 bridgehead atoms. The van der Waals surface area contributed by atoms with Crippen LogP contribution >= 0.6 is 0 Å². The van der Waals surface area contributed by atoms with E-state index in [-0.39, 0.29) is 5.92 Å². The monoisotopic (exact) mass is 169 g/mol. The SMILES string of the molecule is O=C(O)C1CCC2CNCCC21. The van der Waals surface area contributed by atoms with Crippen LogP contribution in [0.25, 0.3) is 0 Å². The normalized spacial score (nSPS) is 40.8. The molecule has 2 N–H and O–H groups in total. The van der Waals surface area contributed by atoms with Gasteiger partial charge in [-0.15, -0.1) is 0 Å². The predicted octanol–water partition coefficient (Wildman–Crippen LogP) is 0.707. The van der Waals surface area contributed by atoms with Gasteiger partial charge in [-0.05, 0) is 44.2 Å². The summed E-state index contributed by atoms with van der Waals surface area (Å²) in [6.45, 7) is 2.04. The van der Waals surface area contributed by atoms with Crippen LogP contribution in [-0.2, 0) is 4.79 Å². The molecule has 2 rings (SSSR count). The number of aliphatic carboxylic acids is 1. The number of carboxylic acid groups (broad SMARTS) is 1. The number of hydrogen-bond acceptors (Lipinski definition) is 2. The second-order valence-corrected chi connectivity index (χ2v) is 3.94. The Bertz CT molecular complexity index is 193. The highest BCUT2D eigenvalue weighted by molar-refractivity contribution is 5.70. The number of piperidine rings is 1. The van der Waals surface area contributed by atoms with E-state index in [4.69, 9.17) is 5.11 Å². The third-order valence-electron chi connectivity index (χ3n) is 3.35. The van der Waals surface area contributed by atoms with E-state index in [2.05, 4.69) is 5.32 Å². The first kappa shape index (κ1) is 8.05. The van der Waals surface area contributed by atoms with Gasteiger partial charge in [0, 0.05) is 0 Å². The molecule has 2 fully saturated rings. The smallest absolute Gasteiger partial charge is 0.306 e. The molecule has 3 atom stereocenters. The van der Waals surface area contributed by atoms with Gasteiger partial charge in [0.05, 0.1) is 5.92 Å². The van der Waals surface area contributed by atoms with Crippen molar-refractivity contribution in [2.75, 3.05) is 13.1 Å². The Balaban J connectivity index is 2.05. The Morgan fingerprint density at radius 3 is 2.92 bits per heavy atom. The largest absolute Gasteiger partial charge is 0.481 e. The Kier molecular flexibility index (Phi) is 2.05. The van der Waals surface area contributed by atoms with Crippen molar-refractivity contribution >= 4 is 5.97 Å². The van der Waals surface area contributed by atoms with E-state index in [0.717, 1.165) is 32.4 Å². The number of fused-ring (bicyclic) bond motifs is 1.